The summed E-state index contributed by atoms with van der Waals surface area (Å²) in [5.41, 5.74) is 9.25. The molecule has 6 heteroatoms. The SMILES string of the molecule is NC(=S)N1N=C2c3cc(Cl)ccc3SCC2C1c1ccccc1. The third-order valence-electron chi connectivity index (χ3n) is 4.21. The zero-order chi connectivity index (χ0) is 16.0. The van der Waals surface area contributed by atoms with Crippen LogP contribution < -0.4 is 5.73 Å². The maximum atomic E-state index is 6.19. The molecule has 2 aliphatic rings. The summed E-state index contributed by atoms with van der Waals surface area (Å²) in [5, 5.41) is 7.56. The van der Waals surface area contributed by atoms with Gasteiger partial charge in [-0.25, -0.2) is 5.01 Å². The molecular formula is C17H14ClN3S2. The van der Waals surface area contributed by atoms with Crippen molar-refractivity contribution in [2.24, 2.45) is 16.8 Å². The monoisotopic (exact) mass is 359 g/mol. The molecule has 0 amide bonds. The molecule has 3 nitrogen and oxygen atoms in total. The number of fused-ring (bicyclic) bond motifs is 3. The molecule has 2 unspecified atom stereocenters. The number of hydrogen-bond acceptors (Lipinski definition) is 3. The first-order chi connectivity index (χ1) is 11.1. The van der Waals surface area contributed by atoms with Gasteiger partial charge in [0.2, 0.25) is 0 Å². The van der Waals surface area contributed by atoms with Crippen molar-refractivity contribution in [3.8, 4) is 0 Å². The summed E-state index contributed by atoms with van der Waals surface area (Å²) in [6, 6.07) is 16.3. The topological polar surface area (TPSA) is 41.6 Å². The van der Waals surface area contributed by atoms with Crippen LogP contribution in [-0.4, -0.2) is 21.6 Å². The molecule has 0 aromatic heterocycles. The van der Waals surface area contributed by atoms with E-state index in [9.17, 15) is 0 Å². The minimum absolute atomic E-state index is 0.0448. The number of benzene rings is 2. The first-order valence-electron chi connectivity index (χ1n) is 7.30. The summed E-state index contributed by atoms with van der Waals surface area (Å²) >= 11 is 13.3. The van der Waals surface area contributed by atoms with Crippen molar-refractivity contribution in [3.05, 3.63) is 64.7 Å². The van der Waals surface area contributed by atoms with E-state index in [0.717, 1.165) is 22.1 Å². The zero-order valence-corrected chi connectivity index (χ0v) is 14.5. The van der Waals surface area contributed by atoms with Crippen LogP contribution in [0.1, 0.15) is 17.2 Å². The molecule has 0 bridgehead atoms. The van der Waals surface area contributed by atoms with E-state index in [1.165, 1.54) is 10.5 Å². The molecule has 2 aromatic rings. The number of thioether (sulfide) groups is 1. The predicted molar refractivity (Wildman–Crippen MR) is 100 cm³/mol. The summed E-state index contributed by atoms with van der Waals surface area (Å²) in [5.74, 6) is 1.20. The minimum atomic E-state index is 0.0448. The second-order valence-electron chi connectivity index (χ2n) is 5.58. The van der Waals surface area contributed by atoms with Gasteiger partial charge in [0.05, 0.1) is 11.8 Å². The molecule has 0 spiro atoms. The molecule has 0 aliphatic carbocycles. The van der Waals surface area contributed by atoms with Crippen molar-refractivity contribution in [2.45, 2.75) is 10.9 Å². The van der Waals surface area contributed by atoms with Crippen molar-refractivity contribution in [1.29, 1.82) is 0 Å². The van der Waals surface area contributed by atoms with Gasteiger partial charge in [-0.05, 0) is 36.0 Å². The van der Waals surface area contributed by atoms with Gasteiger partial charge in [-0.15, -0.1) is 11.8 Å². The molecule has 2 aromatic carbocycles. The third kappa shape index (κ3) is 2.53. The average molecular weight is 360 g/mol. The highest BCUT2D eigenvalue weighted by atomic mass is 35.5. The van der Waals surface area contributed by atoms with Crippen LogP contribution in [0.5, 0.6) is 0 Å². The number of hydrogen-bond donors (Lipinski definition) is 1. The second-order valence-corrected chi connectivity index (χ2v) is 7.50. The predicted octanol–water partition coefficient (Wildman–Crippen LogP) is 4.07. The van der Waals surface area contributed by atoms with Gasteiger partial charge in [0, 0.05) is 27.2 Å². The molecule has 4 rings (SSSR count). The maximum absolute atomic E-state index is 6.19. The van der Waals surface area contributed by atoms with E-state index < -0.39 is 0 Å². The molecule has 2 aliphatic heterocycles. The molecule has 0 saturated heterocycles. The van der Waals surface area contributed by atoms with Gasteiger partial charge >= 0.3 is 0 Å². The second kappa shape index (κ2) is 5.82. The fourth-order valence-electron chi connectivity index (χ4n) is 3.21. The molecule has 2 heterocycles. The van der Waals surface area contributed by atoms with Gasteiger partial charge in [0.15, 0.2) is 5.11 Å². The lowest BCUT2D eigenvalue weighted by Crippen LogP contribution is -2.35. The Labute approximate surface area is 149 Å². The Bertz CT molecular complexity index is 807. The van der Waals surface area contributed by atoms with E-state index in [1.54, 1.807) is 5.01 Å². The number of nitrogens with two attached hydrogens (primary N) is 1. The van der Waals surface area contributed by atoms with E-state index >= 15 is 0 Å². The number of halogens is 1. The Balaban J connectivity index is 1.83. The van der Waals surface area contributed by atoms with E-state index in [4.69, 9.17) is 34.7 Å². The summed E-state index contributed by atoms with van der Waals surface area (Å²) in [7, 11) is 0. The third-order valence-corrected chi connectivity index (χ3v) is 5.83. The molecule has 0 radical (unpaired) electrons. The number of thiocarbonyl (C=S) groups is 1. The van der Waals surface area contributed by atoms with Crippen LogP contribution in [-0.2, 0) is 0 Å². The highest BCUT2D eigenvalue weighted by molar-refractivity contribution is 7.99. The number of nitrogens with zero attached hydrogens (tertiary/aromatic N) is 2. The fourth-order valence-corrected chi connectivity index (χ4v) is 4.72. The largest absolute Gasteiger partial charge is 0.375 e. The smallest absolute Gasteiger partial charge is 0.187 e. The van der Waals surface area contributed by atoms with Crippen LogP contribution in [0.25, 0.3) is 0 Å². The van der Waals surface area contributed by atoms with Gasteiger partial charge in [-0.1, -0.05) is 41.9 Å². The van der Waals surface area contributed by atoms with Crippen LogP contribution in [0.3, 0.4) is 0 Å². The van der Waals surface area contributed by atoms with Gasteiger partial charge in [0.25, 0.3) is 0 Å². The van der Waals surface area contributed by atoms with E-state index in [2.05, 4.69) is 18.2 Å². The van der Waals surface area contributed by atoms with Crippen molar-refractivity contribution in [1.82, 2.24) is 5.01 Å². The number of hydrazone groups is 1. The van der Waals surface area contributed by atoms with Gasteiger partial charge in [0.1, 0.15) is 0 Å². The van der Waals surface area contributed by atoms with Gasteiger partial charge < -0.3 is 5.73 Å². The Morgan fingerprint density at radius 3 is 2.78 bits per heavy atom. The highest BCUT2D eigenvalue weighted by Gasteiger charge is 2.42. The number of rotatable bonds is 1. The van der Waals surface area contributed by atoms with E-state index in [1.807, 2.05) is 42.1 Å². The average Bonchev–Trinajstić information content (AvgIpc) is 2.96. The van der Waals surface area contributed by atoms with Crippen molar-refractivity contribution in [3.63, 3.8) is 0 Å². The zero-order valence-electron chi connectivity index (χ0n) is 12.1. The van der Waals surface area contributed by atoms with Gasteiger partial charge in [-0.3, -0.25) is 0 Å². The molecule has 0 saturated carbocycles. The van der Waals surface area contributed by atoms with Crippen molar-refractivity contribution < 1.29 is 0 Å². The van der Waals surface area contributed by atoms with Crippen LogP contribution >= 0.6 is 35.6 Å². The Hall–Kier alpha value is -1.56. The quantitative estimate of drug-likeness (QED) is 0.779. The van der Waals surface area contributed by atoms with Crippen molar-refractivity contribution in [2.75, 3.05) is 5.75 Å². The lowest BCUT2D eigenvalue weighted by atomic mass is 9.88. The minimum Gasteiger partial charge on any atom is -0.375 e. The first-order valence-corrected chi connectivity index (χ1v) is 9.07. The molecule has 116 valence electrons. The summed E-state index contributed by atoms with van der Waals surface area (Å²) in [6.45, 7) is 0. The normalized spacial score (nSPS) is 22.3. The lowest BCUT2D eigenvalue weighted by molar-refractivity contribution is 0.331. The first kappa shape index (κ1) is 15.0. The Kier molecular flexibility index (Phi) is 3.79. The summed E-state index contributed by atoms with van der Waals surface area (Å²) in [6.07, 6.45) is 0. The fraction of sp³-hybridized carbons (Fsp3) is 0.176. The molecule has 23 heavy (non-hydrogen) atoms. The maximum Gasteiger partial charge on any atom is 0.187 e. The molecular weight excluding hydrogens is 346 g/mol. The van der Waals surface area contributed by atoms with Gasteiger partial charge in [-0.2, -0.15) is 5.10 Å². The van der Waals surface area contributed by atoms with Crippen molar-refractivity contribution >= 4 is 46.4 Å². The van der Waals surface area contributed by atoms with Crippen LogP contribution in [0.15, 0.2) is 58.5 Å². The molecule has 0 fully saturated rings. The highest BCUT2D eigenvalue weighted by Crippen LogP contribution is 2.45. The van der Waals surface area contributed by atoms with Crippen LogP contribution in [0.4, 0.5) is 0 Å². The molecule has 2 N–H and O–H groups in total. The Morgan fingerprint density at radius 2 is 2.04 bits per heavy atom. The van der Waals surface area contributed by atoms with Crippen LogP contribution in [0, 0.1) is 5.92 Å². The Morgan fingerprint density at radius 1 is 1.26 bits per heavy atom. The van der Waals surface area contributed by atoms with Crippen LogP contribution in [0.2, 0.25) is 5.02 Å². The van der Waals surface area contributed by atoms with E-state index in [0.29, 0.717) is 5.11 Å². The van der Waals surface area contributed by atoms with E-state index in [-0.39, 0.29) is 12.0 Å². The lowest BCUT2D eigenvalue weighted by Gasteiger charge is -2.29. The standard InChI is InChI=1S/C17H14ClN3S2/c18-11-6-7-14-12(8-11)15-13(9-23-14)16(21(20-15)17(19)22)10-4-2-1-3-5-10/h1-8,13,16H,9H2,(H2,19,22). The molecule has 2 atom stereocenters. The summed E-state index contributed by atoms with van der Waals surface area (Å²) in [4.78, 5) is 1.21. The summed E-state index contributed by atoms with van der Waals surface area (Å²) < 4.78 is 0.